The molecule has 0 aliphatic rings. The lowest BCUT2D eigenvalue weighted by Gasteiger charge is -1.98. The summed E-state index contributed by atoms with van der Waals surface area (Å²) in [7, 11) is -4.67. The summed E-state index contributed by atoms with van der Waals surface area (Å²) in [5.41, 5.74) is 5.12. The second-order valence-electron chi connectivity index (χ2n) is 1.97. The fourth-order valence-electron chi connectivity index (χ4n) is 0.0745. The highest BCUT2D eigenvalue weighted by molar-refractivity contribution is 7.79. The van der Waals surface area contributed by atoms with E-state index in [9.17, 15) is 0 Å². The molecule has 0 radical (unpaired) electrons. The maximum absolute atomic E-state index is 8.74. The third-order valence-corrected chi connectivity index (χ3v) is 0.714. The first kappa shape index (κ1) is 13.4. The lowest BCUT2D eigenvalue weighted by molar-refractivity contribution is 0.241. The van der Waals surface area contributed by atoms with Crippen LogP contribution in [0.25, 0.3) is 0 Å². The summed E-state index contributed by atoms with van der Waals surface area (Å²) in [6.45, 7) is 2.69. The summed E-state index contributed by atoms with van der Waals surface area (Å²) in [5, 5.41) is 8.25. The summed E-state index contributed by atoms with van der Waals surface area (Å²) in [6.07, 6.45) is 0. The molecule has 0 aromatic rings. The molecule has 0 heterocycles. The van der Waals surface area contributed by atoms with Gasteiger partial charge in [0.2, 0.25) is 0 Å². The molecule has 0 aromatic heterocycles. The minimum Gasteiger partial charge on any atom is -0.396 e. The molecule has 0 spiro atoms. The van der Waals surface area contributed by atoms with Gasteiger partial charge in [0.15, 0.2) is 0 Å². The SMILES string of the molecule is CC(CN)CO.O=S(=O)(O)O. The van der Waals surface area contributed by atoms with E-state index in [1.807, 2.05) is 6.92 Å². The van der Waals surface area contributed by atoms with Crippen molar-refractivity contribution in [2.24, 2.45) is 11.7 Å². The van der Waals surface area contributed by atoms with Crippen molar-refractivity contribution in [3.05, 3.63) is 0 Å². The van der Waals surface area contributed by atoms with Gasteiger partial charge in [-0.15, -0.1) is 0 Å². The zero-order chi connectivity index (χ0) is 9.49. The number of hydrogen-bond donors (Lipinski definition) is 4. The third kappa shape index (κ3) is 41.4. The van der Waals surface area contributed by atoms with E-state index in [4.69, 9.17) is 28.4 Å². The predicted octanol–water partition coefficient (Wildman–Crippen LogP) is -1.08. The first-order chi connectivity index (χ1) is 4.81. The van der Waals surface area contributed by atoms with Crippen LogP contribution >= 0.6 is 0 Å². The molecule has 11 heavy (non-hydrogen) atoms. The van der Waals surface area contributed by atoms with E-state index >= 15 is 0 Å². The van der Waals surface area contributed by atoms with Gasteiger partial charge in [0, 0.05) is 6.61 Å². The van der Waals surface area contributed by atoms with Crippen LogP contribution in [0.15, 0.2) is 0 Å². The lowest BCUT2D eigenvalue weighted by Crippen LogP contribution is -2.13. The zero-order valence-electron chi connectivity index (χ0n) is 6.14. The lowest BCUT2D eigenvalue weighted by atomic mass is 10.2. The van der Waals surface area contributed by atoms with Gasteiger partial charge in [0.25, 0.3) is 0 Å². The summed E-state index contributed by atoms with van der Waals surface area (Å²) in [6, 6.07) is 0. The Balaban J connectivity index is 0. The highest BCUT2D eigenvalue weighted by Crippen LogP contribution is 1.83. The first-order valence-corrected chi connectivity index (χ1v) is 4.21. The summed E-state index contributed by atoms with van der Waals surface area (Å²) >= 11 is 0. The van der Waals surface area contributed by atoms with Crippen LogP contribution in [0.1, 0.15) is 6.92 Å². The Kier molecular flexibility index (Phi) is 7.91. The Morgan fingerprint density at radius 1 is 1.45 bits per heavy atom. The Bertz CT molecular complexity index is 153. The van der Waals surface area contributed by atoms with Crippen molar-refractivity contribution >= 4 is 10.4 Å². The normalized spacial score (nSPS) is 13.2. The van der Waals surface area contributed by atoms with Crippen molar-refractivity contribution in [3.63, 3.8) is 0 Å². The largest absolute Gasteiger partial charge is 0.396 e. The van der Waals surface area contributed by atoms with Crippen LogP contribution in [0, 0.1) is 5.92 Å². The van der Waals surface area contributed by atoms with Gasteiger partial charge < -0.3 is 10.8 Å². The molecular weight excluding hydrogens is 174 g/mol. The van der Waals surface area contributed by atoms with Gasteiger partial charge in [-0.05, 0) is 12.5 Å². The second-order valence-corrected chi connectivity index (χ2v) is 2.87. The van der Waals surface area contributed by atoms with Gasteiger partial charge in [-0.2, -0.15) is 8.42 Å². The van der Waals surface area contributed by atoms with Crippen LogP contribution < -0.4 is 5.73 Å². The van der Waals surface area contributed by atoms with Crippen molar-refractivity contribution in [1.29, 1.82) is 0 Å². The van der Waals surface area contributed by atoms with E-state index in [-0.39, 0.29) is 12.5 Å². The van der Waals surface area contributed by atoms with Crippen molar-refractivity contribution in [2.75, 3.05) is 13.2 Å². The van der Waals surface area contributed by atoms with Gasteiger partial charge in [-0.3, -0.25) is 9.11 Å². The van der Waals surface area contributed by atoms with Crippen LogP contribution in [-0.4, -0.2) is 35.8 Å². The molecule has 0 fully saturated rings. The molecule has 1 unspecified atom stereocenters. The average Bonchev–Trinajstić information content (AvgIpc) is 1.83. The topological polar surface area (TPSA) is 121 Å². The first-order valence-electron chi connectivity index (χ1n) is 2.82. The number of aliphatic hydroxyl groups excluding tert-OH is 1. The standard InChI is InChI=1S/C4H11NO.H2O4S/c1-4(2-5)3-6;1-5(2,3)4/h4,6H,2-3,5H2,1H3;(H2,1,2,3,4). The van der Waals surface area contributed by atoms with Crippen LogP contribution in [0.2, 0.25) is 0 Å². The van der Waals surface area contributed by atoms with E-state index in [0.29, 0.717) is 6.54 Å². The quantitative estimate of drug-likeness (QED) is 0.408. The molecule has 0 aliphatic carbocycles. The smallest absolute Gasteiger partial charge is 0.394 e. The number of nitrogens with two attached hydrogens (primary N) is 1. The monoisotopic (exact) mass is 187 g/mol. The van der Waals surface area contributed by atoms with Gasteiger partial charge >= 0.3 is 10.4 Å². The Hall–Kier alpha value is -0.210. The minimum atomic E-state index is -4.67. The average molecular weight is 187 g/mol. The van der Waals surface area contributed by atoms with Crippen molar-refractivity contribution in [2.45, 2.75) is 6.92 Å². The van der Waals surface area contributed by atoms with Crippen molar-refractivity contribution in [3.8, 4) is 0 Å². The number of aliphatic hydroxyl groups is 1. The summed E-state index contributed by atoms with van der Waals surface area (Å²) < 4.78 is 31.6. The van der Waals surface area contributed by atoms with Crippen molar-refractivity contribution < 1.29 is 22.6 Å². The zero-order valence-corrected chi connectivity index (χ0v) is 6.95. The maximum atomic E-state index is 8.74. The highest BCUT2D eigenvalue weighted by Gasteiger charge is 1.90. The molecule has 1 atom stereocenters. The Morgan fingerprint density at radius 2 is 1.73 bits per heavy atom. The minimum absolute atomic E-state index is 0.205. The van der Waals surface area contributed by atoms with Crippen LogP contribution in [0.5, 0.6) is 0 Å². The molecule has 5 N–H and O–H groups in total. The molecule has 7 heteroatoms. The molecule has 0 aromatic carbocycles. The van der Waals surface area contributed by atoms with Gasteiger partial charge in [-0.25, -0.2) is 0 Å². The van der Waals surface area contributed by atoms with Gasteiger partial charge in [0.05, 0.1) is 0 Å². The summed E-state index contributed by atoms with van der Waals surface area (Å²) in [5.74, 6) is 0.269. The molecule has 0 rings (SSSR count). The van der Waals surface area contributed by atoms with E-state index in [1.54, 1.807) is 0 Å². The maximum Gasteiger partial charge on any atom is 0.394 e. The Morgan fingerprint density at radius 3 is 1.73 bits per heavy atom. The Labute approximate surface area is 65.6 Å². The molecule has 0 amide bonds. The van der Waals surface area contributed by atoms with E-state index in [2.05, 4.69) is 0 Å². The van der Waals surface area contributed by atoms with Gasteiger partial charge in [-0.1, -0.05) is 6.92 Å². The highest BCUT2D eigenvalue weighted by atomic mass is 32.3. The summed E-state index contributed by atoms with van der Waals surface area (Å²) in [4.78, 5) is 0. The van der Waals surface area contributed by atoms with Crippen LogP contribution in [0.4, 0.5) is 0 Å². The molecule has 70 valence electrons. The predicted molar refractivity (Wildman–Crippen MR) is 39.5 cm³/mol. The number of rotatable bonds is 2. The molecule has 0 saturated carbocycles. The van der Waals surface area contributed by atoms with E-state index in [1.165, 1.54) is 0 Å². The molecule has 6 nitrogen and oxygen atoms in total. The van der Waals surface area contributed by atoms with Crippen LogP contribution in [0.3, 0.4) is 0 Å². The third-order valence-electron chi connectivity index (χ3n) is 0.714. The second kappa shape index (κ2) is 6.50. The molecule has 0 bridgehead atoms. The fourth-order valence-corrected chi connectivity index (χ4v) is 0.0745. The van der Waals surface area contributed by atoms with Gasteiger partial charge in [0.1, 0.15) is 0 Å². The number of hydrogen-bond acceptors (Lipinski definition) is 4. The van der Waals surface area contributed by atoms with E-state index < -0.39 is 10.4 Å². The van der Waals surface area contributed by atoms with Crippen LogP contribution in [-0.2, 0) is 10.4 Å². The molecular formula is C4H13NO5S. The molecule has 0 saturated heterocycles. The van der Waals surface area contributed by atoms with E-state index in [0.717, 1.165) is 0 Å². The van der Waals surface area contributed by atoms with Crippen molar-refractivity contribution in [1.82, 2.24) is 0 Å². The fraction of sp³-hybridized carbons (Fsp3) is 1.00. The molecule has 0 aliphatic heterocycles.